The van der Waals surface area contributed by atoms with Gasteiger partial charge in [0.2, 0.25) is 5.91 Å². The van der Waals surface area contributed by atoms with Gasteiger partial charge in [-0.25, -0.2) is 0 Å². The molecule has 0 bridgehead atoms. The number of hydrogen-bond acceptors (Lipinski definition) is 3. The van der Waals surface area contributed by atoms with Crippen molar-refractivity contribution in [3.05, 3.63) is 40.4 Å². The van der Waals surface area contributed by atoms with Crippen LogP contribution in [0.4, 0.5) is 0 Å². The van der Waals surface area contributed by atoms with Crippen LogP contribution in [-0.4, -0.2) is 48.3 Å². The summed E-state index contributed by atoms with van der Waals surface area (Å²) in [6, 6.07) is 7.71. The van der Waals surface area contributed by atoms with Crippen molar-refractivity contribution in [2.45, 2.75) is 18.4 Å². The third-order valence-corrected chi connectivity index (χ3v) is 4.36. The molecule has 0 aliphatic carbocycles. The maximum absolute atomic E-state index is 12.1. The predicted molar refractivity (Wildman–Crippen MR) is 85.8 cm³/mol. The van der Waals surface area contributed by atoms with Crippen molar-refractivity contribution in [1.82, 2.24) is 4.90 Å². The fourth-order valence-corrected chi connectivity index (χ4v) is 2.74. The summed E-state index contributed by atoms with van der Waals surface area (Å²) in [4.78, 5) is 13.7. The number of carbonyl (C=O) groups excluding carboxylic acids is 1. The zero-order chi connectivity index (χ0) is 15.3. The van der Waals surface area contributed by atoms with Crippen molar-refractivity contribution >= 4 is 27.9 Å². The Balaban J connectivity index is 1.95. The number of amides is 1. The molecule has 1 aliphatic heterocycles. The Kier molecular flexibility index (Phi) is 5.56. The van der Waals surface area contributed by atoms with Crippen LogP contribution in [0.3, 0.4) is 0 Å². The first-order valence-corrected chi connectivity index (χ1v) is 7.77. The zero-order valence-electron chi connectivity index (χ0n) is 12.1. The topological polar surface area (TPSA) is 49.8 Å². The van der Waals surface area contributed by atoms with E-state index in [1.165, 1.54) is 6.08 Å². The van der Waals surface area contributed by atoms with Crippen LogP contribution in [0.1, 0.15) is 18.4 Å². The van der Waals surface area contributed by atoms with E-state index >= 15 is 0 Å². The molecule has 2 rings (SSSR count). The van der Waals surface area contributed by atoms with Crippen molar-refractivity contribution in [2.24, 2.45) is 0 Å². The van der Waals surface area contributed by atoms with Crippen LogP contribution in [0.15, 0.2) is 34.8 Å². The monoisotopic (exact) mass is 353 g/mol. The minimum atomic E-state index is -0.830. The molecule has 0 atom stereocenters. The number of ether oxygens (including phenoxy) is 1. The first-order chi connectivity index (χ1) is 10.0. The van der Waals surface area contributed by atoms with Gasteiger partial charge in [-0.3, -0.25) is 4.79 Å². The lowest BCUT2D eigenvalue weighted by atomic mass is 9.94. The predicted octanol–water partition coefficient (Wildman–Crippen LogP) is 2.46. The Morgan fingerprint density at radius 1 is 1.43 bits per heavy atom. The lowest BCUT2D eigenvalue weighted by molar-refractivity contribution is -0.131. The van der Waals surface area contributed by atoms with Gasteiger partial charge in [0.15, 0.2) is 0 Å². The van der Waals surface area contributed by atoms with Crippen LogP contribution in [0.2, 0.25) is 0 Å². The molecule has 1 aliphatic rings. The molecule has 5 heteroatoms. The fraction of sp³-hybridized carbons (Fsp3) is 0.438. The van der Waals surface area contributed by atoms with E-state index in [0.29, 0.717) is 32.6 Å². The highest BCUT2D eigenvalue weighted by Gasteiger charge is 2.31. The number of carbonyl (C=O) groups is 1. The normalized spacial score (nSPS) is 17.9. The number of nitrogens with zero attached hydrogens (tertiary/aromatic N) is 1. The van der Waals surface area contributed by atoms with Gasteiger partial charge in [0.25, 0.3) is 0 Å². The highest BCUT2D eigenvalue weighted by Crippen LogP contribution is 2.21. The van der Waals surface area contributed by atoms with Gasteiger partial charge in [-0.2, -0.15) is 0 Å². The molecule has 114 valence electrons. The number of rotatable bonds is 4. The SMILES string of the molecule is CN(CC1(O)CCOCC1)C(=O)/C=C/c1ccccc1Br. The lowest BCUT2D eigenvalue weighted by Crippen LogP contribution is -2.47. The summed E-state index contributed by atoms with van der Waals surface area (Å²) in [7, 11) is 1.71. The van der Waals surface area contributed by atoms with E-state index in [0.717, 1.165) is 10.0 Å². The van der Waals surface area contributed by atoms with E-state index in [4.69, 9.17) is 4.74 Å². The van der Waals surface area contributed by atoms with E-state index in [9.17, 15) is 9.90 Å². The highest BCUT2D eigenvalue weighted by atomic mass is 79.9. The summed E-state index contributed by atoms with van der Waals surface area (Å²) in [6.45, 7) is 1.42. The highest BCUT2D eigenvalue weighted by molar-refractivity contribution is 9.10. The molecule has 1 saturated heterocycles. The summed E-state index contributed by atoms with van der Waals surface area (Å²) in [6.07, 6.45) is 4.44. The summed E-state index contributed by atoms with van der Waals surface area (Å²) >= 11 is 3.44. The molecule has 1 aromatic carbocycles. The van der Waals surface area contributed by atoms with Crippen molar-refractivity contribution < 1.29 is 14.6 Å². The average molecular weight is 354 g/mol. The maximum Gasteiger partial charge on any atom is 0.246 e. The second kappa shape index (κ2) is 7.20. The van der Waals surface area contributed by atoms with Crippen molar-refractivity contribution in [3.63, 3.8) is 0 Å². The molecule has 0 radical (unpaired) electrons. The van der Waals surface area contributed by atoms with Crippen molar-refractivity contribution in [1.29, 1.82) is 0 Å². The smallest absolute Gasteiger partial charge is 0.246 e. The third-order valence-electron chi connectivity index (χ3n) is 3.64. The molecule has 1 amide bonds. The van der Waals surface area contributed by atoms with E-state index in [1.807, 2.05) is 24.3 Å². The first-order valence-electron chi connectivity index (χ1n) is 6.98. The quantitative estimate of drug-likeness (QED) is 0.846. The molecule has 1 fully saturated rings. The molecule has 0 aromatic heterocycles. The first kappa shape index (κ1) is 16.2. The average Bonchev–Trinajstić information content (AvgIpc) is 2.46. The van der Waals surface area contributed by atoms with E-state index in [2.05, 4.69) is 15.9 Å². The number of aliphatic hydroxyl groups is 1. The number of likely N-dealkylation sites (N-methyl/N-ethyl adjacent to an activating group) is 1. The second-order valence-electron chi connectivity index (χ2n) is 5.39. The van der Waals surface area contributed by atoms with Gasteiger partial charge in [0.05, 0.1) is 5.60 Å². The van der Waals surface area contributed by atoms with Crippen LogP contribution in [-0.2, 0) is 9.53 Å². The third kappa shape index (κ3) is 4.66. The van der Waals surface area contributed by atoms with Crippen LogP contribution in [0.25, 0.3) is 6.08 Å². The molecule has 0 unspecified atom stereocenters. The Labute approximate surface area is 133 Å². The van der Waals surface area contributed by atoms with Gasteiger partial charge in [-0.15, -0.1) is 0 Å². The fourth-order valence-electron chi connectivity index (χ4n) is 2.33. The molecule has 1 aromatic rings. The van der Waals surface area contributed by atoms with Crippen LogP contribution in [0.5, 0.6) is 0 Å². The number of hydrogen-bond donors (Lipinski definition) is 1. The largest absolute Gasteiger partial charge is 0.388 e. The van der Waals surface area contributed by atoms with Gasteiger partial charge < -0.3 is 14.7 Å². The molecular weight excluding hydrogens is 334 g/mol. The molecular formula is C16H20BrNO3. The Hall–Kier alpha value is -1.17. The summed E-state index contributed by atoms with van der Waals surface area (Å²) in [5.74, 6) is -0.120. The van der Waals surface area contributed by atoms with Gasteiger partial charge in [0.1, 0.15) is 0 Å². The zero-order valence-corrected chi connectivity index (χ0v) is 13.7. The minimum absolute atomic E-state index is 0.120. The Morgan fingerprint density at radius 2 is 2.10 bits per heavy atom. The molecule has 4 nitrogen and oxygen atoms in total. The lowest BCUT2D eigenvalue weighted by Gasteiger charge is -2.35. The maximum atomic E-state index is 12.1. The van der Waals surface area contributed by atoms with Gasteiger partial charge in [-0.1, -0.05) is 34.1 Å². The molecule has 21 heavy (non-hydrogen) atoms. The van der Waals surface area contributed by atoms with Crippen molar-refractivity contribution in [2.75, 3.05) is 26.8 Å². The van der Waals surface area contributed by atoms with Gasteiger partial charge >= 0.3 is 0 Å². The second-order valence-corrected chi connectivity index (χ2v) is 6.24. The number of benzene rings is 1. The summed E-state index contributed by atoms with van der Waals surface area (Å²) in [5, 5.41) is 10.4. The van der Waals surface area contributed by atoms with E-state index < -0.39 is 5.60 Å². The minimum Gasteiger partial charge on any atom is -0.388 e. The molecule has 0 spiro atoms. The van der Waals surface area contributed by atoms with Gasteiger partial charge in [-0.05, 0) is 17.7 Å². The van der Waals surface area contributed by atoms with Crippen LogP contribution in [0, 0.1) is 0 Å². The Bertz CT molecular complexity index is 524. The van der Waals surface area contributed by atoms with E-state index in [1.54, 1.807) is 18.0 Å². The number of halogens is 1. The Morgan fingerprint density at radius 3 is 2.76 bits per heavy atom. The summed E-state index contributed by atoms with van der Waals surface area (Å²) in [5.41, 5.74) is 0.119. The molecule has 1 N–H and O–H groups in total. The van der Waals surface area contributed by atoms with Crippen molar-refractivity contribution in [3.8, 4) is 0 Å². The standard InChI is InChI=1S/C16H20BrNO3/c1-18(12-16(20)8-10-21-11-9-16)15(19)7-6-13-4-2-3-5-14(13)17/h2-7,20H,8-12H2,1H3/b7-6+. The van der Waals surface area contributed by atoms with E-state index in [-0.39, 0.29) is 5.91 Å². The van der Waals surface area contributed by atoms with Gasteiger partial charge in [0, 0.05) is 50.2 Å². The molecule has 1 heterocycles. The van der Waals surface area contributed by atoms with Crippen LogP contribution >= 0.6 is 15.9 Å². The van der Waals surface area contributed by atoms with Crippen LogP contribution < -0.4 is 0 Å². The summed E-state index contributed by atoms with van der Waals surface area (Å²) < 4.78 is 6.19. The molecule has 0 saturated carbocycles.